The molecule has 2 rings (SSSR count). The molecule has 120 valence electrons. The smallest absolute Gasteiger partial charge is 0.323 e. The van der Waals surface area contributed by atoms with Crippen molar-refractivity contribution in [2.24, 2.45) is 5.92 Å². The number of carbonyl (C=O) groups excluding carboxylic acids is 2. The monoisotopic (exact) mass is 325 g/mol. The van der Waals surface area contributed by atoms with Gasteiger partial charge in [0.1, 0.15) is 11.9 Å². The maximum atomic E-state index is 12.9. The van der Waals surface area contributed by atoms with E-state index in [4.69, 9.17) is 0 Å². The summed E-state index contributed by atoms with van der Waals surface area (Å²) in [5.74, 6) is 0.918. The Morgan fingerprint density at radius 3 is 2.68 bits per heavy atom. The molecule has 0 aliphatic carbocycles. The number of urea groups is 1. The second-order valence-electron chi connectivity index (χ2n) is 5.56. The highest BCUT2D eigenvalue weighted by molar-refractivity contribution is 7.99. The molecule has 5 nitrogen and oxygen atoms in total. The summed E-state index contributed by atoms with van der Waals surface area (Å²) in [4.78, 5) is 26.0. The lowest BCUT2D eigenvalue weighted by Crippen LogP contribution is -2.49. The predicted octanol–water partition coefficient (Wildman–Crippen LogP) is 2.50. The van der Waals surface area contributed by atoms with Crippen LogP contribution in [0.4, 0.5) is 14.9 Å². The molecule has 0 saturated carbocycles. The number of hydrogen-bond donors (Lipinski definition) is 2. The molecule has 1 heterocycles. The minimum absolute atomic E-state index is 0.132. The highest BCUT2D eigenvalue weighted by Gasteiger charge is 2.34. The average Bonchev–Trinajstić information content (AvgIpc) is 2.96. The highest BCUT2D eigenvalue weighted by Crippen LogP contribution is 2.22. The topological polar surface area (TPSA) is 61.4 Å². The Labute approximate surface area is 133 Å². The van der Waals surface area contributed by atoms with Crippen molar-refractivity contribution in [1.29, 1.82) is 0 Å². The van der Waals surface area contributed by atoms with Crippen molar-refractivity contribution in [2.45, 2.75) is 19.9 Å². The molecular weight excluding hydrogens is 305 g/mol. The summed E-state index contributed by atoms with van der Waals surface area (Å²) >= 11 is 1.54. The summed E-state index contributed by atoms with van der Waals surface area (Å²) in [6.07, 6.45) is 0. The van der Waals surface area contributed by atoms with Gasteiger partial charge in [-0.1, -0.05) is 13.8 Å². The SMILES string of the molecule is CC(C)CNC(=O)[C@@H]1CSCN1C(=O)Nc1ccc(F)cc1. The molecular formula is C15H20FN3O2S. The van der Waals surface area contributed by atoms with Gasteiger partial charge in [-0.3, -0.25) is 4.79 Å². The van der Waals surface area contributed by atoms with Gasteiger partial charge in [0, 0.05) is 18.0 Å². The van der Waals surface area contributed by atoms with Crippen molar-refractivity contribution < 1.29 is 14.0 Å². The maximum Gasteiger partial charge on any atom is 0.323 e. The van der Waals surface area contributed by atoms with Crippen LogP contribution in [-0.2, 0) is 4.79 Å². The summed E-state index contributed by atoms with van der Waals surface area (Å²) in [5.41, 5.74) is 0.504. The molecule has 1 aromatic carbocycles. The third-order valence-corrected chi connectivity index (χ3v) is 4.24. The normalized spacial score (nSPS) is 17.6. The molecule has 2 N–H and O–H groups in total. The van der Waals surface area contributed by atoms with E-state index in [9.17, 15) is 14.0 Å². The standard InChI is InChI=1S/C15H20FN3O2S/c1-10(2)7-17-14(20)13-8-22-9-19(13)15(21)18-12-5-3-11(16)4-6-12/h3-6,10,13H,7-9H2,1-2H3,(H,17,20)(H,18,21)/t13-/m0/s1. The summed E-state index contributed by atoms with van der Waals surface area (Å²) in [7, 11) is 0. The molecule has 1 fully saturated rings. The summed E-state index contributed by atoms with van der Waals surface area (Å²) in [6, 6.07) is 4.72. The first kappa shape index (κ1) is 16.6. The van der Waals surface area contributed by atoms with E-state index in [1.807, 2.05) is 13.8 Å². The molecule has 0 radical (unpaired) electrons. The number of thioether (sulfide) groups is 1. The molecule has 22 heavy (non-hydrogen) atoms. The predicted molar refractivity (Wildman–Crippen MR) is 86.2 cm³/mol. The number of amides is 3. The van der Waals surface area contributed by atoms with Crippen molar-refractivity contribution in [3.05, 3.63) is 30.1 Å². The van der Waals surface area contributed by atoms with Crippen LogP contribution in [0, 0.1) is 11.7 Å². The minimum atomic E-state index is -0.468. The molecule has 1 atom stereocenters. The summed E-state index contributed by atoms with van der Waals surface area (Å²) < 4.78 is 12.9. The molecule has 0 bridgehead atoms. The van der Waals surface area contributed by atoms with E-state index in [1.165, 1.54) is 40.9 Å². The fraction of sp³-hybridized carbons (Fsp3) is 0.467. The van der Waals surface area contributed by atoms with Gasteiger partial charge >= 0.3 is 6.03 Å². The van der Waals surface area contributed by atoms with E-state index in [0.717, 1.165) is 0 Å². The first-order chi connectivity index (χ1) is 10.5. The van der Waals surface area contributed by atoms with Gasteiger partial charge in [-0.15, -0.1) is 11.8 Å². The number of halogens is 1. The summed E-state index contributed by atoms with van der Waals surface area (Å²) in [6.45, 7) is 4.62. The zero-order chi connectivity index (χ0) is 16.1. The van der Waals surface area contributed by atoms with Crippen LogP contribution in [0.2, 0.25) is 0 Å². The molecule has 0 unspecified atom stereocenters. The van der Waals surface area contributed by atoms with Crippen molar-refractivity contribution >= 4 is 29.4 Å². The molecule has 1 aliphatic rings. The van der Waals surface area contributed by atoms with E-state index >= 15 is 0 Å². The van der Waals surface area contributed by atoms with Crippen LogP contribution >= 0.6 is 11.8 Å². The van der Waals surface area contributed by atoms with E-state index in [2.05, 4.69) is 10.6 Å². The third-order valence-electron chi connectivity index (χ3n) is 3.23. The van der Waals surface area contributed by atoms with Crippen LogP contribution in [0.25, 0.3) is 0 Å². The van der Waals surface area contributed by atoms with Crippen molar-refractivity contribution in [2.75, 3.05) is 23.5 Å². The van der Waals surface area contributed by atoms with E-state index in [-0.39, 0.29) is 17.8 Å². The molecule has 3 amide bonds. The molecule has 1 saturated heterocycles. The zero-order valence-electron chi connectivity index (χ0n) is 12.6. The minimum Gasteiger partial charge on any atom is -0.354 e. The Hall–Kier alpha value is -1.76. The van der Waals surface area contributed by atoms with Gasteiger partial charge in [-0.05, 0) is 30.2 Å². The molecule has 0 spiro atoms. The Balaban J connectivity index is 1.95. The van der Waals surface area contributed by atoms with Gasteiger partial charge < -0.3 is 15.5 Å². The Bertz CT molecular complexity index is 536. The van der Waals surface area contributed by atoms with Gasteiger partial charge in [-0.2, -0.15) is 0 Å². The molecule has 1 aliphatic heterocycles. The van der Waals surface area contributed by atoms with Gasteiger partial charge in [0.05, 0.1) is 5.88 Å². The fourth-order valence-corrected chi connectivity index (χ4v) is 3.16. The number of nitrogens with one attached hydrogen (secondary N) is 2. The number of hydrogen-bond acceptors (Lipinski definition) is 3. The Morgan fingerprint density at radius 1 is 1.36 bits per heavy atom. The Morgan fingerprint density at radius 2 is 2.05 bits per heavy atom. The van der Waals surface area contributed by atoms with Crippen LogP contribution in [0.1, 0.15) is 13.8 Å². The number of nitrogens with zero attached hydrogens (tertiary/aromatic N) is 1. The summed E-state index contributed by atoms with van der Waals surface area (Å²) in [5, 5.41) is 5.54. The van der Waals surface area contributed by atoms with E-state index in [0.29, 0.717) is 29.8 Å². The van der Waals surface area contributed by atoms with Crippen molar-refractivity contribution in [3.63, 3.8) is 0 Å². The van der Waals surface area contributed by atoms with E-state index < -0.39 is 6.04 Å². The van der Waals surface area contributed by atoms with Crippen LogP contribution in [0.15, 0.2) is 24.3 Å². The van der Waals surface area contributed by atoms with Gasteiger partial charge in [-0.25, -0.2) is 9.18 Å². The van der Waals surface area contributed by atoms with Gasteiger partial charge in [0.2, 0.25) is 5.91 Å². The highest BCUT2D eigenvalue weighted by atomic mass is 32.2. The number of benzene rings is 1. The Kier molecular flexibility index (Phi) is 5.65. The third kappa shape index (κ3) is 4.37. The van der Waals surface area contributed by atoms with Gasteiger partial charge in [0.25, 0.3) is 0 Å². The van der Waals surface area contributed by atoms with E-state index in [1.54, 1.807) is 0 Å². The van der Waals surface area contributed by atoms with Crippen LogP contribution in [0.5, 0.6) is 0 Å². The van der Waals surface area contributed by atoms with Crippen molar-refractivity contribution in [1.82, 2.24) is 10.2 Å². The lowest BCUT2D eigenvalue weighted by Gasteiger charge is -2.23. The average molecular weight is 325 g/mol. The number of carbonyl (C=O) groups is 2. The number of rotatable bonds is 4. The molecule has 1 aromatic rings. The van der Waals surface area contributed by atoms with Gasteiger partial charge in [0.15, 0.2) is 0 Å². The number of anilines is 1. The van der Waals surface area contributed by atoms with Crippen LogP contribution in [-0.4, -0.2) is 41.1 Å². The van der Waals surface area contributed by atoms with Crippen LogP contribution in [0.3, 0.4) is 0 Å². The second-order valence-corrected chi connectivity index (χ2v) is 6.56. The lowest BCUT2D eigenvalue weighted by molar-refractivity contribution is -0.124. The largest absolute Gasteiger partial charge is 0.354 e. The lowest BCUT2D eigenvalue weighted by atomic mass is 10.2. The first-order valence-electron chi connectivity index (χ1n) is 7.16. The second kappa shape index (κ2) is 7.49. The zero-order valence-corrected chi connectivity index (χ0v) is 13.5. The molecule has 0 aromatic heterocycles. The molecule has 7 heteroatoms. The first-order valence-corrected chi connectivity index (χ1v) is 8.31. The fourth-order valence-electron chi connectivity index (χ4n) is 2.01. The van der Waals surface area contributed by atoms with Crippen LogP contribution < -0.4 is 10.6 Å². The van der Waals surface area contributed by atoms with Crippen molar-refractivity contribution in [3.8, 4) is 0 Å². The maximum absolute atomic E-state index is 12.9. The quantitative estimate of drug-likeness (QED) is 0.894.